The van der Waals surface area contributed by atoms with E-state index in [4.69, 9.17) is 4.74 Å². The summed E-state index contributed by atoms with van der Waals surface area (Å²) in [5, 5.41) is 6.16. The van der Waals surface area contributed by atoms with Crippen molar-refractivity contribution in [1.82, 2.24) is 14.7 Å². The summed E-state index contributed by atoms with van der Waals surface area (Å²) in [7, 11) is 0. The van der Waals surface area contributed by atoms with Crippen molar-refractivity contribution in [3.8, 4) is 16.3 Å². The fraction of sp³-hybridized carbons (Fsp3) is 0.211. The molecule has 0 radical (unpaired) electrons. The van der Waals surface area contributed by atoms with Gasteiger partial charge in [-0.05, 0) is 24.3 Å². The van der Waals surface area contributed by atoms with Crippen LogP contribution in [0.2, 0.25) is 0 Å². The molecule has 0 atom stereocenters. The maximum atomic E-state index is 14.2. The first-order valence-corrected chi connectivity index (χ1v) is 9.50. The number of nitrogens with one attached hydrogen (secondary N) is 2. The van der Waals surface area contributed by atoms with Gasteiger partial charge in [-0.2, -0.15) is 4.37 Å². The first-order chi connectivity index (χ1) is 14.0. The fourth-order valence-electron chi connectivity index (χ4n) is 2.73. The average Bonchev–Trinajstić information content (AvgIpc) is 3.08. The van der Waals surface area contributed by atoms with E-state index in [2.05, 4.69) is 20.0 Å². The van der Waals surface area contributed by atoms with E-state index in [0.717, 1.165) is 55.0 Å². The molecular weight excluding hydrogens is 405 g/mol. The number of hydrogen-bond acceptors (Lipinski definition) is 6. The van der Waals surface area contributed by atoms with E-state index in [9.17, 15) is 18.0 Å². The molecule has 1 amide bonds. The van der Waals surface area contributed by atoms with E-state index in [1.807, 2.05) is 0 Å². The molecule has 0 aliphatic carbocycles. The largest absolute Gasteiger partial charge is 0.481 e. The zero-order valence-electron chi connectivity index (χ0n) is 14.9. The number of rotatable bonds is 6. The Balaban J connectivity index is 1.55. The molecule has 1 aliphatic heterocycles. The smallest absolute Gasteiger partial charge is 0.274 e. The van der Waals surface area contributed by atoms with Crippen LogP contribution in [0.1, 0.15) is 10.5 Å². The standard InChI is InChI=1S/C19H15F3N4O2S/c20-11-2-1-3-12(21)16(11)17-13(22)4-5-14(25-17)18(27)26-15-8-24-29-19(15)28-9-10-6-23-7-10/h1-5,8,10,23H,6-7,9H2,(H,26,27). The number of benzene rings is 1. The lowest BCUT2D eigenvalue weighted by atomic mass is 10.1. The predicted octanol–water partition coefficient (Wildman–Crippen LogP) is 3.47. The molecule has 29 heavy (non-hydrogen) atoms. The molecule has 1 aliphatic rings. The zero-order valence-corrected chi connectivity index (χ0v) is 15.7. The Kier molecular flexibility index (Phi) is 5.45. The van der Waals surface area contributed by atoms with Crippen LogP contribution in [-0.4, -0.2) is 35.0 Å². The van der Waals surface area contributed by atoms with Crippen LogP contribution < -0.4 is 15.4 Å². The topological polar surface area (TPSA) is 76.1 Å². The second-order valence-corrected chi connectivity index (χ2v) is 7.20. The summed E-state index contributed by atoms with van der Waals surface area (Å²) in [6.07, 6.45) is 1.43. The third-order valence-corrected chi connectivity index (χ3v) is 5.09. The van der Waals surface area contributed by atoms with Gasteiger partial charge in [-0.25, -0.2) is 18.2 Å². The highest BCUT2D eigenvalue weighted by Crippen LogP contribution is 2.31. The number of ether oxygens (including phenoxy) is 1. The molecule has 2 N–H and O–H groups in total. The SMILES string of the molecule is O=C(Nc1cnsc1OCC1CNC1)c1ccc(F)c(-c2c(F)cccc2F)n1. The zero-order chi connectivity index (χ0) is 20.4. The number of nitrogens with zero attached hydrogens (tertiary/aromatic N) is 2. The summed E-state index contributed by atoms with van der Waals surface area (Å²) in [6, 6.07) is 5.21. The van der Waals surface area contributed by atoms with Gasteiger partial charge in [0.25, 0.3) is 5.91 Å². The number of anilines is 1. The number of halogens is 3. The van der Waals surface area contributed by atoms with Crippen LogP contribution in [0.3, 0.4) is 0 Å². The molecular formula is C19H15F3N4O2S. The molecule has 3 heterocycles. The molecule has 0 spiro atoms. The molecule has 6 nitrogen and oxygen atoms in total. The highest BCUT2D eigenvalue weighted by Gasteiger charge is 2.22. The van der Waals surface area contributed by atoms with Crippen molar-refractivity contribution in [3.63, 3.8) is 0 Å². The predicted molar refractivity (Wildman–Crippen MR) is 101 cm³/mol. The molecule has 10 heteroatoms. The number of hydrogen-bond donors (Lipinski definition) is 2. The van der Waals surface area contributed by atoms with Crippen molar-refractivity contribution in [3.05, 3.63) is 59.7 Å². The minimum atomic E-state index is -0.975. The first-order valence-electron chi connectivity index (χ1n) is 8.73. The van der Waals surface area contributed by atoms with E-state index in [1.165, 1.54) is 6.20 Å². The second kappa shape index (κ2) is 8.18. The Bertz CT molecular complexity index is 1040. The maximum absolute atomic E-state index is 14.2. The van der Waals surface area contributed by atoms with Crippen molar-refractivity contribution >= 4 is 23.1 Å². The van der Waals surface area contributed by atoms with Crippen LogP contribution in [0.15, 0.2) is 36.5 Å². The Morgan fingerprint density at radius 1 is 1.17 bits per heavy atom. The number of carbonyl (C=O) groups excluding carboxylic acids is 1. The third-order valence-electron chi connectivity index (χ3n) is 4.38. The highest BCUT2D eigenvalue weighted by molar-refractivity contribution is 7.08. The Morgan fingerprint density at radius 3 is 2.62 bits per heavy atom. The van der Waals surface area contributed by atoms with E-state index >= 15 is 0 Å². The van der Waals surface area contributed by atoms with Crippen molar-refractivity contribution in [2.75, 3.05) is 25.0 Å². The Hall–Kier alpha value is -2.98. The minimum absolute atomic E-state index is 0.204. The molecule has 0 bridgehead atoms. The van der Waals surface area contributed by atoms with Crippen LogP contribution in [0.25, 0.3) is 11.3 Å². The number of carbonyl (C=O) groups is 1. The van der Waals surface area contributed by atoms with E-state index in [0.29, 0.717) is 23.3 Å². The number of amides is 1. The van der Waals surface area contributed by atoms with E-state index in [1.54, 1.807) is 0 Å². The molecule has 0 unspecified atom stereocenters. The summed E-state index contributed by atoms with van der Waals surface area (Å²) in [5.74, 6) is -3.17. The lowest BCUT2D eigenvalue weighted by Crippen LogP contribution is -2.45. The quantitative estimate of drug-likeness (QED) is 0.639. The van der Waals surface area contributed by atoms with Gasteiger partial charge in [-0.15, -0.1) is 0 Å². The van der Waals surface area contributed by atoms with Gasteiger partial charge in [0.15, 0.2) is 0 Å². The summed E-state index contributed by atoms with van der Waals surface area (Å²) >= 11 is 1.08. The third kappa shape index (κ3) is 4.08. The minimum Gasteiger partial charge on any atom is -0.481 e. The van der Waals surface area contributed by atoms with Gasteiger partial charge in [0.1, 0.15) is 34.5 Å². The van der Waals surface area contributed by atoms with E-state index in [-0.39, 0.29) is 5.69 Å². The van der Waals surface area contributed by atoms with Gasteiger partial charge < -0.3 is 15.4 Å². The van der Waals surface area contributed by atoms with Crippen LogP contribution in [0.5, 0.6) is 5.06 Å². The highest BCUT2D eigenvalue weighted by atomic mass is 32.1. The Labute approximate surface area is 167 Å². The van der Waals surface area contributed by atoms with Crippen LogP contribution >= 0.6 is 11.5 Å². The van der Waals surface area contributed by atoms with Gasteiger partial charge in [-0.1, -0.05) is 6.07 Å². The molecule has 150 valence electrons. The van der Waals surface area contributed by atoms with Crippen molar-refractivity contribution in [2.45, 2.75) is 0 Å². The number of pyridine rings is 1. The average molecular weight is 420 g/mol. The first kappa shape index (κ1) is 19.3. The maximum Gasteiger partial charge on any atom is 0.274 e. The van der Waals surface area contributed by atoms with Gasteiger partial charge in [0.05, 0.1) is 18.4 Å². The molecule has 0 saturated carbocycles. The van der Waals surface area contributed by atoms with Crippen LogP contribution in [0, 0.1) is 23.4 Å². The summed E-state index contributed by atoms with van der Waals surface area (Å²) in [6.45, 7) is 2.23. The van der Waals surface area contributed by atoms with Gasteiger partial charge >= 0.3 is 0 Å². The molecule has 1 fully saturated rings. The molecule has 3 aromatic rings. The van der Waals surface area contributed by atoms with Gasteiger partial charge in [0, 0.05) is 30.5 Å². The molecule has 1 saturated heterocycles. The summed E-state index contributed by atoms with van der Waals surface area (Å²) in [4.78, 5) is 16.4. The molecule has 2 aromatic heterocycles. The Morgan fingerprint density at radius 2 is 1.93 bits per heavy atom. The molecule has 4 rings (SSSR count). The summed E-state index contributed by atoms with van der Waals surface area (Å²) < 4.78 is 51.9. The van der Waals surface area contributed by atoms with Crippen molar-refractivity contribution < 1.29 is 22.7 Å². The van der Waals surface area contributed by atoms with Gasteiger partial charge in [-0.3, -0.25) is 4.79 Å². The molecule has 1 aromatic carbocycles. The number of aromatic nitrogens is 2. The van der Waals surface area contributed by atoms with Crippen molar-refractivity contribution in [2.24, 2.45) is 5.92 Å². The van der Waals surface area contributed by atoms with Crippen molar-refractivity contribution in [1.29, 1.82) is 0 Å². The lowest BCUT2D eigenvalue weighted by Gasteiger charge is -2.26. The normalized spacial score (nSPS) is 13.8. The lowest BCUT2D eigenvalue weighted by molar-refractivity contribution is 0.102. The summed E-state index contributed by atoms with van der Waals surface area (Å²) in [5.41, 5.74) is -1.07. The van der Waals surface area contributed by atoms with Gasteiger partial charge in [0.2, 0.25) is 5.06 Å². The van der Waals surface area contributed by atoms with E-state index < -0.39 is 34.6 Å². The second-order valence-electron chi connectivity index (χ2n) is 6.44. The monoisotopic (exact) mass is 420 g/mol. The van der Waals surface area contributed by atoms with Crippen LogP contribution in [-0.2, 0) is 0 Å². The fourth-order valence-corrected chi connectivity index (χ4v) is 3.31. The van der Waals surface area contributed by atoms with Crippen LogP contribution in [0.4, 0.5) is 18.9 Å².